The topological polar surface area (TPSA) is 68.0 Å². The summed E-state index contributed by atoms with van der Waals surface area (Å²) in [5, 5.41) is 4.38. The third-order valence-electron chi connectivity index (χ3n) is 1.50. The fraction of sp³-hybridized carbons (Fsp3) is 0.429. The van der Waals surface area contributed by atoms with Gasteiger partial charge in [-0.15, -0.1) is 23.7 Å². The second kappa shape index (κ2) is 5.90. The van der Waals surface area contributed by atoms with Crippen molar-refractivity contribution in [2.24, 2.45) is 5.73 Å². The van der Waals surface area contributed by atoms with Crippen molar-refractivity contribution in [1.29, 1.82) is 0 Å². The summed E-state index contributed by atoms with van der Waals surface area (Å²) in [4.78, 5) is 15.0. The normalized spacial score (nSPS) is 11.5. The highest BCUT2D eigenvalue weighted by Crippen LogP contribution is 2.03. The zero-order valence-electron chi connectivity index (χ0n) is 7.19. The van der Waals surface area contributed by atoms with Gasteiger partial charge in [0.15, 0.2) is 0 Å². The number of amides is 1. The number of hydrogen-bond acceptors (Lipinski definition) is 4. The molecule has 0 fully saturated rings. The molecule has 1 aromatic rings. The number of likely N-dealkylation sites (N-methyl/N-ethyl adjacent to an activating group) is 1. The van der Waals surface area contributed by atoms with Gasteiger partial charge in [0.05, 0.1) is 17.2 Å². The zero-order chi connectivity index (χ0) is 8.97. The first-order chi connectivity index (χ1) is 5.74. The van der Waals surface area contributed by atoms with Crippen molar-refractivity contribution in [1.82, 2.24) is 10.3 Å². The van der Waals surface area contributed by atoms with Crippen LogP contribution in [-0.2, 0) is 11.2 Å². The largest absolute Gasteiger partial charge is 0.358 e. The highest BCUT2D eigenvalue weighted by atomic mass is 35.5. The fourth-order valence-electron chi connectivity index (χ4n) is 0.842. The molecule has 74 valence electrons. The Hall–Kier alpha value is -0.650. The standard InChI is InChI=1S/C7H11N3OS.ClH/c1-9-7(11)6(8)2-5-3-12-4-10-5;/h3-4,6H,2,8H2,1H3,(H,9,11);1H/t6-;/m0./s1. The van der Waals surface area contributed by atoms with E-state index in [0.29, 0.717) is 6.42 Å². The average Bonchev–Trinajstić information content (AvgIpc) is 2.55. The number of aromatic nitrogens is 1. The molecule has 1 rings (SSSR count). The Balaban J connectivity index is 0.00000144. The van der Waals surface area contributed by atoms with Gasteiger partial charge < -0.3 is 11.1 Å². The van der Waals surface area contributed by atoms with E-state index in [-0.39, 0.29) is 18.3 Å². The van der Waals surface area contributed by atoms with Gasteiger partial charge in [-0.3, -0.25) is 4.79 Å². The predicted octanol–water partition coefficient (Wildman–Crippen LogP) is 0.181. The Labute approximate surface area is 87.0 Å². The third-order valence-corrected chi connectivity index (χ3v) is 2.13. The zero-order valence-corrected chi connectivity index (χ0v) is 8.82. The van der Waals surface area contributed by atoms with E-state index in [1.807, 2.05) is 5.38 Å². The molecule has 4 nitrogen and oxygen atoms in total. The summed E-state index contributed by atoms with van der Waals surface area (Å²) in [5.74, 6) is -0.150. The summed E-state index contributed by atoms with van der Waals surface area (Å²) in [6.45, 7) is 0. The van der Waals surface area contributed by atoms with Crippen molar-refractivity contribution >= 4 is 29.7 Å². The summed E-state index contributed by atoms with van der Waals surface area (Å²) < 4.78 is 0. The lowest BCUT2D eigenvalue weighted by Crippen LogP contribution is -2.40. The Morgan fingerprint density at radius 3 is 3.00 bits per heavy atom. The van der Waals surface area contributed by atoms with Crippen LogP contribution in [0.5, 0.6) is 0 Å². The van der Waals surface area contributed by atoms with Gasteiger partial charge in [0.1, 0.15) is 0 Å². The predicted molar refractivity (Wildman–Crippen MR) is 55.1 cm³/mol. The average molecular weight is 222 g/mol. The minimum atomic E-state index is -0.489. The maximum atomic E-state index is 11.0. The number of carbonyl (C=O) groups is 1. The van der Waals surface area contributed by atoms with Crippen LogP contribution in [0, 0.1) is 0 Å². The van der Waals surface area contributed by atoms with Crippen molar-refractivity contribution in [3.05, 3.63) is 16.6 Å². The molecule has 6 heteroatoms. The second-order valence-electron chi connectivity index (χ2n) is 2.40. The lowest BCUT2D eigenvalue weighted by molar-refractivity contribution is -0.121. The minimum absolute atomic E-state index is 0. The quantitative estimate of drug-likeness (QED) is 0.765. The Morgan fingerprint density at radius 1 is 1.85 bits per heavy atom. The van der Waals surface area contributed by atoms with Crippen LogP contribution in [0.15, 0.2) is 10.9 Å². The van der Waals surface area contributed by atoms with Gasteiger partial charge >= 0.3 is 0 Å². The van der Waals surface area contributed by atoms with E-state index < -0.39 is 6.04 Å². The fourth-order valence-corrected chi connectivity index (χ4v) is 1.41. The number of hydrogen-bond donors (Lipinski definition) is 2. The van der Waals surface area contributed by atoms with E-state index in [1.165, 1.54) is 11.3 Å². The minimum Gasteiger partial charge on any atom is -0.358 e. The molecule has 0 aromatic carbocycles. The third kappa shape index (κ3) is 3.71. The molecular weight excluding hydrogens is 210 g/mol. The lowest BCUT2D eigenvalue weighted by atomic mass is 10.2. The molecule has 1 heterocycles. The van der Waals surface area contributed by atoms with E-state index in [4.69, 9.17) is 5.73 Å². The highest BCUT2D eigenvalue weighted by molar-refractivity contribution is 7.07. The van der Waals surface area contributed by atoms with Crippen LogP contribution in [0.4, 0.5) is 0 Å². The van der Waals surface area contributed by atoms with Crippen molar-refractivity contribution in [3.8, 4) is 0 Å². The van der Waals surface area contributed by atoms with Gasteiger partial charge in [0.2, 0.25) is 5.91 Å². The first-order valence-corrected chi connectivity index (χ1v) is 4.52. The van der Waals surface area contributed by atoms with Crippen molar-refractivity contribution in [3.63, 3.8) is 0 Å². The van der Waals surface area contributed by atoms with Crippen LogP contribution < -0.4 is 11.1 Å². The first-order valence-electron chi connectivity index (χ1n) is 3.58. The van der Waals surface area contributed by atoms with E-state index in [2.05, 4.69) is 10.3 Å². The van der Waals surface area contributed by atoms with Crippen LogP contribution in [-0.4, -0.2) is 24.0 Å². The number of thiazole rings is 1. The van der Waals surface area contributed by atoms with Gasteiger partial charge in [-0.1, -0.05) is 0 Å². The Kier molecular flexibility index (Phi) is 5.61. The smallest absolute Gasteiger partial charge is 0.237 e. The summed E-state index contributed by atoms with van der Waals surface area (Å²) in [7, 11) is 1.57. The molecule has 0 unspecified atom stereocenters. The number of halogens is 1. The molecule has 1 aromatic heterocycles. The van der Waals surface area contributed by atoms with Gasteiger partial charge in [-0.2, -0.15) is 0 Å². The summed E-state index contributed by atoms with van der Waals surface area (Å²) in [6.07, 6.45) is 0.503. The van der Waals surface area contributed by atoms with Gasteiger partial charge in [-0.25, -0.2) is 4.98 Å². The SMILES string of the molecule is CNC(=O)[C@@H](N)Cc1cscn1.Cl. The van der Waals surface area contributed by atoms with Crippen molar-refractivity contribution in [2.45, 2.75) is 12.5 Å². The number of nitrogens with one attached hydrogen (secondary N) is 1. The lowest BCUT2D eigenvalue weighted by Gasteiger charge is -2.06. The van der Waals surface area contributed by atoms with Crippen LogP contribution >= 0.6 is 23.7 Å². The molecule has 1 atom stereocenters. The second-order valence-corrected chi connectivity index (χ2v) is 3.12. The Morgan fingerprint density at radius 2 is 2.54 bits per heavy atom. The maximum Gasteiger partial charge on any atom is 0.237 e. The molecule has 0 spiro atoms. The van der Waals surface area contributed by atoms with Crippen LogP contribution in [0.1, 0.15) is 5.69 Å². The van der Waals surface area contributed by atoms with Crippen molar-refractivity contribution < 1.29 is 4.79 Å². The number of rotatable bonds is 3. The highest BCUT2D eigenvalue weighted by Gasteiger charge is 2.12. The van der Waals surface area contributed by atoms with Gasteiger partial charge in [-0.05, 0) is 0 Å². The van der Waals surface area contributed by atoms with E-state index in [0.717, 1.165) is 5.69 Å². The molecule has 0 aliphatic carbocycles. The van der Waals surface area contributed by atoms with Crippen LogP contribution in [0.3, 0.4) is 0 Å². The number of carbonyl (C=O) groups excluding carboxylic acids is 1. The van der Waals surface area contributed by atoms with E-state index >= 15 is 0 Å². The molecule has 0 radical (unpaired) electrons. The molecule has 1 amide bonds. The maximum absolute atomic E-state index is 11.0. The summed E-state index contributed by atoms with van der Waals surface area (Å²) >= 11 is 1.50. The van der Waals surface area contributed by atoms with E-state index in [1.54, 1.807) is 12.6 Å². The molecule has 13 heavy (non-hydrogen) atoms. The van der Waals surface area contributed by atoms with E-state index in [9.17, 15) is 4.79 Å². The Bertz CT molecular complexity index is 252. The first kappa shape index (κ1) is 12.3. The molecule has 0 saturated carbocycles. The van der Waals surface area contributed by atoms with Gasteiger partial charge in [0, 0.05) is 18.8 Å². The molecular formula is C7H12ClN3OS. The van der Waals surface area contributed by atoms with Gasteiger partial charge in [0.25, 0.3) is 0 Å². The molecule has 0 saturated heterocycles. The molecule has 3 N–H and O–H groups in total. The summed E-state index contributed by atoms with van der Waals surface area (Å²) in [5.41, 5.74) is 8.17. The monoisotopic (exact) mass is 221 g/mol. The molecule has 0 bridgehead atoms. The summed E-state index contributed by atoms with van der Waals surface area (Å²) in [6, 6.07) is -0.489. The molecule has 0 aliphatic rings. The number of nitrogens with zero attached hydrogens (tertiary/aromatic N) is 1. The number of nitrogens with two attached hydrogens (primary N) is 1. The van der Waals surface area contributed by atoms with Crippen LogP contribution in [0.25, 0.3) is 0 Å². The van der Waals surface area contributed by atoms with Crippen molar-refractivity contribution in [2.75, 3.05) is 7.05 Å². The molecule has 0 aliphatic heterocycles. The van der Waals surface area contributed by atoms with Crippen LogP contribution in [0.2, 0.25) is 0 Å².